The summed E-state index contributed by atoms with van der Waals surface area (Å²) in [5.74, 6) is 2.37. The number of imidazole rings is 1. The van der Waals surface area contributed by atoms with E-state index in [1.807, 2.05) is 24.3 Å². The molecule has 0 bridgehead atoms. The maximum absolute atomic E-state index is 12.6. The van der Waals surface area contributed by atoms with Crippen molar-refractivity contribution < 1.29 is 4.79 Å². The van der Waals surface area contributed by atoms with E-state index in [0.717, 1.165) is 40.5 Å². The first kappa shape index (κ1) is 22.2. The number of aromatic nitrogens is 4. The number of thioether (sulfide) groups is 1. The highest BCUT2D eigenvalue weighted by Crippen LogP contribution is 2.34. The zero-order chi connectivity index (χ0) is 23.2. The van der Waals surface area contributed by atoms with Crippen LogP contribution in [0.1, 0.15) is 49.9 Å². The number of hydrogen-bond donors (Lipinski definition) is 2. The van der Waals surface area contributed by atoms with E-state index < -0.39 is 0 Å². The van der Waals surface area contributed by atoms with Crippen LogP contribution in [0.25, 0.3) is 21.3 Å². The van der Waals surface area contributed by atoms with Crippen LogP contribution >= 0.6 is 23.1 Å². The predicted octanol–water partition coefficient (Wildman–Crippen LogP) is 4.84. The Morgan fingerprint density at radius 3 is 2.88 bits per heavy atom. The number of aryl methyl sites for hydroxylation is 2. The highest BCUT2D eigenvalue weighted by atomic mass is 32.2. The summed E-state index contributed by atoms with van der Waals surface area (Å²) in [7, 11) is 0. The molecule has 0 aliphatic heterocycles. The SMILES string of the molecule is CC(C)(C)n1c(NC(=O)CCSCc2nc3sc4c(c3c(=O)[nH]2)CCC4)nc2ccccc21. The fraction of sp³-hybridized carbons (Fsp3) is 0.417. The lowest BCUT2D eigenvalue weighted by molar-refractivity contribution is -0.115. The summed E-state index contributed by atoms with van der Waals surface area (Å²) >= 11 is 3.24. The molecule has 0 fully saturated rings. The van der Waals surface area contributed by atoms with Crippen molar-refractivity contribution in [1.29, 1.82) is 0 Å². The molecular formula is C24H27N5O2S2. The van der Waals surface area contributed by atoms with Crippen LogP contribution in [0.4, 0.5) is 5.95 Å². The Labute approximate surface area is 200 Å². The number of carbonyl (C=O) groups is 1. The molecule has 9 heteroatoms. The molecule has 7 nitrogen and oxygen atoms in total. The van der Waals surface area contributed by atoms with Gasteiger partial charge in [0.2, 0.25) is 11.9 Å². The molecule has 2 N–H and O–H groups in total. The molecule has 33 heavy (non-hydrogen) atoms. The Hall–Kier alpha value is -2.65. The average molecular weight is 482 g/mol. The first-order chi connectivity index (χ1) is 15.8. The molecule has 1 aromatic carbocycles. The monoisotopic (exact) mass is 481 g/mol. The molecule has 0 unspecified atom stereocenters. The molecule has 3 heterocycles. The third-order valence-corrected chi connectivity index (χ3v) is 7.98. The molecule has 172 valence electrons. The van der Waals surface area contributed by atoms with Crippen molar-refractivity contribution in [2.45, 2.75) is 57.7 Å². The molecule has 0 saturated carbocycles. The van der Waals surface area contributed by atoms with Crippen LogP contribution < -0.4 is 10.9 Å². The van der Waals surface area contributed by atoms with Gasteiger partial charge >= 0.3 is 0 Å². The second-order valence-electron chi connectivity index (χ2n) is 9.33. The summed E-state index contributed by atoms with van der Waals surface area (Å²) in [5.41, 5.74) is 2.81. The molecule has 1 amide bonds. The van der Waals surface area contributed by atoms with Gasteiger partial charge in [-0.3, -0.25) is 14.9 Å². The number of amides is 1. The number of H-pyrrole nitrogens is 1. The number of nitrogens with zero attached hydrogens (tertiary/aromatic N) is 3. The lowest BCUT2D eigenvalue weighted by Gasteiger charge is -2.24. The normalized spacial score (nSPS) is 13.7. The zero-order valence-electron chi connectivity index (χ0n) is 19.0. The number of nitrogens with one attached hydrogen (secondary N) is 2. The van der Waals surface area contributed by atoms with Gasteiger partial charge in [-0.25, -0.2) is 9.97 Å². The minimum atomic E-state index is -0.217. The van der Waals surface area contributed by atoms with Crippen LogP contribution in [0.15, 0.2) is 29.1 Å². The van der Waals surface area contributed by atoms with E-state index in [1.54, 1.807) is 23.1 Å². The van der Waals surface area contributed by atoms with E-state index in [2.05, 4.69) is 45.6 Å². The fourth-order valence-electron chi connectivity index (χ4n) is 4.43. The Bertz CT molecular complexity index is 1410. The van der Waals surface area contributed by atoms with Crippen molar-refractivity contribution in [2.75, 3.05) is 11.1 Å². The van der Waals surface area contributed by atoms with Crippen LogP contribution in [-0.4, -0.2) is 31.2 Å². The highest BCUT2D eigenvalue weighted by Gasteiger charge is 2.23. The van der Waals surface area contributed by atoms with Crippen molar-refractivity contribution in [1.82, 2.24) is 19.5 Å². The Morgan fingerprint density at radius 1 is 1.24 bits per heavy atom. The number of carbonyl (C=O) groups excluding carboxylic acids is 1. The minimum Gasteiger partial charge on any atom is -0.309 e. The van der Waals surface area contributed by atoms with E-state index in [-0.39, 0.29) is 17.0 Å². The number of thiophene rings is 1. The number of fused-ring (bicyclic) bond motifs is 4. The first-order valence-electron chi connectivity index (χ1n) is 11.2. The van der Waals surface area contributed by atoms with Gasteiger partial charge in [0.05, 0.1) is 22.2 Å². The minimum absolute atomic E-state index is 0.0335. The first-order valence-corrected chi connectivity index (χ1v) is 13.2. The molecule has 0 saturated heterocycles. The molecule has 0 atom stereocenters. The smallest absolute Gasteiger partial charge is 0.259 e. The van der Waals surface area contributed by atoms with Crippen molar-refractivity contribution in [2.24, 2.45) is 0 Å². The maximum Gasteiger partial charge on any atom is 0.259 e. The number of hydrogen-bond acceptors (Lipinski definition) is 6. The second-order valence-corrected chi connectivity index (χ2v) is 11.5. The molecule has 4 aromatic rings. The third kappa shape index (κ3) is 4.31. The van der Waals surface area contributed by atoms with Gasteiger partial charge in [0, 0.05) is 22.6 Å². The van der Waals surface area contributed by atoms with Gasteiger partial charge in [0.25, 0.3) is 5.56 Å². The van der Waals surface area contributed by atoms with Crippen molar-refractivity contribution in [3.05, 3.63) is 50.9 Å². The van der Waals surface area contributed by atoms with Gasteiger partial charge in [0.15, 0.2) is 0 Å². The molecule has 1 aliphatic rings. The summed E-state index contributed by atoms with van der Waals surface area (Å²) in [6.45, 7) is 6.29. The van der Waals surface area contributed by atoms with E-state index in [9.17, 15) is 9.59 Å². The van der Waals surface area contributed by atoms with E-state index >= 15 is 0 Å². The summed E-state index contributed by atoms with van der Waals surface area (Å²) in [4.78, 5) is 39.6. The van der Waals surface area contributed by atoms with Gasteiger partial charge in [-0.05, 0) is 57.7 Å². The zero-order valence-corrected chi connectivity index (χ0v) is 20.7. The average Bonchev–Trinajstić information content (AvgIpc) is 3.42. The summed E-state index contributed by atoms with van der Waals surface area (Å²) in [6.07, 6.45) is 3.52. The Balaban J connectivity index is 1.21. The van der Waals surface area contributed by atoms with Crippen molar-refractivity contribution in [3.8, 4) is 0 Å². The van der Waals surface area contributed by atoms with Crippen LogP contribution in [0.3, 0.4) is 0 Å². The van der Waals surface area contributed by atoms with E-state index in [4.69, 9.17) is 0 Å². The summed E-state index contributed by atoms with van der Waals surface area (Å²) in [5, 5.41) is 3.77. The van der Waals surface area contributed by atoms with E-state index in [1.165, 1.54) is 10.4 Å². The van der Waals surface area contributed by atoms with Gasteiger partial charge in [0.1, 0.15) is 10.7 Å². The van der Waals surface area contributed by atoms with Gasteiger partial charge in [-0.15, -0.1) is 11.3 Å². The molecule has 5 rings (SSSR count). The van der Waals surface area contributed by atoms with E-state index in [0.29, 0.717) is 29.7 Å². The lowest BCUT2D eigenvalue weighted by Crippen LogP contribution is -2.26. The molecule has 1 aliphatic carbocycles. The second kappa shape index (κ2) is 8.61. The third-order valence-electron chi connectivity index (χ3n) is 5.82. The van der Waals surface area contributed by atoms with Gasteiger partial charge in [-0.2, -0.15) is 11.8 Å². The quantitative estimate of drug-likeness (QED) is 0.385. The van der Waals surface area contributed by atoms with Gasteiger partial charge < -0.3 is 9.55 Å². The van der Waals surface area contributed by atoms with Crippen LogP contribution in [-0.2, 0) is 28.9 Å². The number of anilines is 1. The Kier molecular flexibility index (Phi) is 5.78. The maximum atomic E-state index is 12.6. The fourth-order valence-corrected chi connectivity index (χ4v) is 6.51. The van der Waals surface area contributed by atoms with Gasteiger partial charge in [-0.1, -0.05) is 12.1 Å². The van der Waals surface area contributed by atoms with Crippen molar-refractivity contribution >= 4 is 56.2 Å². The molecule has 3 aromatic heterocycles. The highest BCUT2D eigenvalue weighted by molar-refractivity contribution is 7.98. The molecular weight excluding hydrogens is 454 g/mol. The summed E-state index contributed by atoms with van der Waals surface area (Å²) in [6, 6.07) is 7.90. The number of benzene rings is 1. The number of rotatable bonds is 6. The Morgan fingerprint density at radius 2 is 2.06 bits per heavy atom. The topological polar surface area (TPSA) is 92.7 Å². The summed E-state index contributed by atoms with van der Waals surface area (Å²) < 4.78 is 2.07. The van der Waals surface area contributed by atoms with Crippen LogP contribution in [0.2, 0.25) is 0 Å². The number of para-hydroxylation sites is 2. The molecule has 0 radical (unpaired) electrons. The number of aromatic amines is 1. The largest absolute Gasteiger partial charge is 0.309 e. The van der Waals surface area contributed by atoms with Crippen LogP contribution in [0, 0.1) is 0 Å². The van der Waals surface area contributed by atoms with Crippen LogP contribution in [0.5, 0.6) is 0 Å². The molecule has 0 spiro atoms. The predicted molar refractivity (Wildman–Crippen MR) is 136 cm³/mol. The lowest BCUT2D eigenvalue weighted by atomic mass is 10.1. The standard InChI is InChI=1S/C24H27N5O2S2/c1-24(2,3)29-16-9-5-4-8-15(16)25-23(29)28-19(30)11-12-32-13-18-26-21(31)20-14-7-6-10-17(14)33-22(20)27-18/h4-5,8-9H,6-7,10-13H2,1-3H3,(H,25,28,30)(H,26,27,31). The van der Waals surface area contributed by atoms with Crippen molar-refractivity contribution in [3.63, 3.8) is 0 Å².